The second-order valence-corrected chi connectivity index (χ2v) is 5.72. The molecule has 0 radical (unpaired) electrons. The van der Waals surface area contributed by atoms with Gasteiger partial charge in [0.05, 0.1) is 6.26 Å². The molecular weight excluding hydrogens is 431 g/mol. The number of aromatic nitrogens is 3. The molecule has 2 rings (SSSR count). The Morgan fingerprint density at radius 1 is 1.40 bits per heavy atom. The number of hydrogen-bond acceptors (Lipinski definition) is 4. The van der Waals surface area contributed by atoms with E-state index in [1.807, 2.05) is 12.1 Å². The minimum atomic E-state index is 0. The van der Waals surface area contributed by atoms with Crippen LogP contribution in [0.15, 0.2) is 34.1 Å². The number of aryl methyl sites for hydroxylation is 1. The zero-order valence-corrected chi connectivity index (χ0v) is 17.6. The molecule has 0 atom stereocenters. The molecule has 0 aliphatic rings. The van der Waals surface area contributed by atoms with Crippen molar-refractivity contribution in [3.63, 3.8) is 0 Å². The van der Waals surface area contributed by atoms with E-state index in [1.54, 1.807) is 12.6 Å². The first-order valence-corrected chi connectivity index (χ1v) is 8.63. The number of rotatable bonds is 9. The molecule has 0 saturated heterocycles. The standard InChI is InChI=1S/C17H28N6O.HI/c1-4-6-10-22(3)17(19-13-15-8-7-12-24-15)18-9-11-23-14-20-21-16(23)5-2;/h7-8,12,14H,4-6,9-11,13H2,1-3H3,(H,18,19);1H. The van der Waals surface area contributed by atoms with E-state index >= 15 is 0 Å². The quantitative estimate of drug-likeness (QED) is 0.354. The first-order chi connectivity index (χ1) is 11.7. The van der Waals surface area contributed by atoms with E-state index < -0.39 is 0 Å². The molecule has 1 N–H and O–H groups in total. The lowest BCUT2D eigenvalue weighted by Gasteiger charge is -2.22. The van der Waals surface area contributed by atoms with Gasteiger partial charge in [-0.25, -0.2) is 4.99 Å². The summed E-state index contributed by atoms with van der Waals surface area (Å²) in [5.41, 5.74) is 0. The fourth-order valence-electron chi connectivity index (χ4n) is 2.40. The summed E-state index contributed by atoms with van der Waals surface area (Å²) in [5.74, 6) is 2.77. The van der Waals surface area contributed by atoms with Gasteiger partial charge >= 0.3 is 0 Å². The summed E-state index contributed by atoms with van der Waals surface area (Å²) in [6.45, 7) is 7.39. The molecule has 0 aliphatic carbocycles. The van der Waals surface area contributed by atoms with Gasteiger partial charge in [-0.1, -0.05) is 20.3 Å². The van der Waals surface area contributed by atoms with E-state index in [4.69, 9.17) is 4.42 Å². The van der Waals surface area contributed by atoms with E-state index in [0.717, 1.165) is 56.4 Å². The lowest BCUT2D eigenvalue weighted by molar-refractivity contribution is 0.455. The van der Waals surface area contributed by atoms with E-state index in [1.165, 1.54) is 0 Å². The Balaban J connectivity index is 0.00000312. The van der Waals surface area contributed by atoms with Gasteiger partial charge in [0.25, 0.3) is 0 Å². The van der Waals surface area contributed by atoms with Crippen LogP contribution in [-0.2, 0) is 19.5 Å². The second kappa shape index (κ2) is 11.9. The number of guanidine groups is 1. The molecule has 2 aromatic rings. The van der Waals surface area contributed by atoms with Gasteiger partial charge in [-0.3, -0.25) is 0 Å². The van der Waals surface area contributed by atoms with E-state index in [0.29, 0.717) is 6.54 Å². The van der Waals surface area contributed by atoms with Crippen LogP contribution in [0.3, 0.4) is 0 Å². The highest BCUT2D eigenvalue weighted by Gasteiger charge is 2.07. The third-order valence-electron chi connectivity index (χ3n) is 3.82. The molecular formula is C17H29IN6O. The SMILES string of the molecule is CCCCN(C)C(=NCc1ccco1)NCCn1cnnc1CC.I. The van der Waals surface area contributed by atoms with Crippen LogP contribution in [0.4, 0.5) is 0 Å². The molecule has 0 spiro atoms. The van der Waals surface area contributed by atoms with Gasteiger partial charge in [0, 0.05) is 33.1 Å². The first kappa shape index (κ1) is 21.5. The van der Waals surface area contributed by atoms with Crippen molar-refractivity contribution in [3.05, 3.63) is 36.3 Å². The topological polar surface area (TPSA) is 71.5 Å². The Labute approximate surface area is 166 Å². The van der Waals surface area contributed by atoms with Crippen molar-refractivity contribution in [1.29, 1.82) is 0 Å². The highest BCUT2D eigenvalue weighted by atomic mass is 127. The molecule has 0 aromatic carbocycles. The van der Waals surface area contributed by atoms with Crippen molar-refractivity contribution in [1.82, 2.24) is 25.0 Å². The summed E-state index contributed by atoms with van der Waals surface area (Å²) in [4.78, 5) is 6.84. The molecule has 0 bridgehead atoms. The minimum absolute atomic E-state index is 0. The molecule has 0 saturated carbocycles. The first-order valence-electron chi connectivity index (χ1n) is 8.63. The molecule has 2 aromatic heterocycles. The summed E-state index contributed by atoms with van der Waals surface area (Å²) >= 11 is 0. The third-order valence-corrected chi connectivity index (χ3v) is 3.82. The van der Waals surface area contributed by atoms with Crippen molar-refractivity contribution in [2.75, 3.05) is 20.1 Å². The molecule has 140 valence electrons. The normalized spacial score (nSPS) is 11.2. The lowest BCUT2D eigenvalue weighted by Crippen LogP contribution is -2.40. The van der Waals surface area contributed by atoms with Gasteiger partial charge in [0.15, 0.2) is 5.96 Å². The van der Waals surface area contributed by atoms with Gasteiger partial charge in [0.2, 0.25) is 0 Å². The van der Waals surface area contributed by atoms with Crippen molar-refractivity contribution >= 4 is 29.9 Å². The molecule has 0 amide bonds. The number of aliphatic imine (C=N–C) groups is 1. The summed E-state index contributed by atoms with van der Waals surface area (Å²) < 4.78 is 7.44. The van der Waals surface area contributed by atoms with Crippen molar-refractivity contribution in [3.8, 4) is 0 Å². The van der Waals surface area contributed by atoms with Crippen LogP contribution in [0.2, 0.25) is 0 Å². The molecule has 0 unspecified atom stereocenters. The summed E-state index contributed by atoms with van der Waals surface area (Å²) in [6.07, 6.45) is 6.65. The van der Waals surface area contributed by atoms with Gasteiger partial charge in [-0.2, -0.15) is 0 Å². The molecule has 8 heteroatoms. The smallest absolute Gasteiger partial charge is 0.194 e. The second-order valence-electron chi connectivity index (χ2n) is 5.72. The monoisotopic (exact) mass is 460 g/mol. The van der Waals surface area contributed by atoms with Gasteiger partial charge < -0.3 is 19.2 Å². The average molecular weight is 460 g/mol. The van der Waals surface area contributed by atoms with Crippen molar-refractivity contribution in [2.24, 2.45) is 4.99 Å². The van der Waals surface area contributed by atoms with Crippen LogP contribution >= 0.6 is 24.0 Å². The van der Waals surface area contributed by atoms with Gasteiger partial charge in [0.1, 0.15) is 24.5 Å². The maximum atomic E-state index is 5.36. The van der Waals surface area contributed by atoms with Crippen molar-refractivity contribution < 1.29 is 4.42 Å². The molecule has 25 heavy (non-hydrogen) atoms. The maximum absolute atomic E-state index is 5.36. The molecule has 2 heterocycles. The Bertz CT molecular complexity index is 610. The largest absolute Gasteiger partial charge is 0.467 e. The summed E-state index contributed by atoms with van der Waals surface area (Å²) in [6, 6.07) is 3.83. The van der Waals surface area contributed by atoms with Crippen LogP contribution in [-0.4, -0.2) is 45.8 Å². The summed E-state index contributed by atoms with van der Waals surface area (Å²) in [7, 11) is 2.07. The van der Waals surface area contributed by atoms with Gasteiger partial charge in [-0.05, 0) is 18.6 Å². The molecule has 0 aliphatic heterocycles. The Morgan fingerprint density at radius 2 is 2.24 bits per heavy atom. The zero-order chi connectivity index (χ0) is 17.2. The predicted octanol–water partition coefficient (Wildman–Crippen LogP) is 2.93. The van der Waals surface area contributed by atoms with E-state index in [-0.39, 0.29) is 24.0 Å². The Morgan fingerprint density at radius 3 is 2.92 bits per heavy atom. The number of hydrogen-bond donors (Lipinski definition) is 1. The number of nitrogens with zero attached hydrogens (tertiary/aromatic N) is 5. The highest BCUT2D eigenvalue weighted by Crippen LogP contribution is 2.03. The zero-order valence-electron chi connectivity index (χ0n) is 15.3. The maximum Gasteiger partial charge on any atom is 0.194 e. The minimum Gasteiger partial charge on any atom is -0.467 e. The fourth-order valence-corrected chi connectivity index (χ4v) is 2.40. The van der Waals surface area contributed by atoms with Gasteiger partial charge in [-0.15, -0.1) is 34.2 Å². The van der Waals surface area contributed by atoms with E-state index in [9.17, 15) is 0 Å². The third kappa shape index (κ3) is 7.05. The summed E-state index contributed by atoms with van der Waals surface area (Å²) in [5, 5.41) is 11.5. The Kier molecular flexibility index (Phi) is 10.2. The van der Waals surface area contributed by atoms with E-state index in [2.05, 4.69) is 50.9 Å². The van der Waals surface area contributed by atoms with Crippen LogP contribution in [0.25, 0.3) is 0 Å². The lowest BCUT2D eigenvalue weighted by atomic mass is 10.3. The number of nitrogens with one attached hydrogen (secondary N) is 1. The number of halogens is 1. The molecule has 7 nitrogen and oxygen atoms in total. The number of furan rings is 1. The van der Waals surface area contributed by atoms with Crippen LogP contribution in [0.1, 0.15) is 38.3 Å². The predicted molar refractivity (Wildman–Crippen MR) is 110 cm³/mol. The molecule has 0 fully saturated rings. The van der Waals surface area contributed by atoms with Crippen molar-refractivity contribution in [2.45, 2.75) is 46.2 Å². The van der Waals surface area contributed by atoms with Crippen LogP contribution in [0.5, 0.6) is 0 Å². The fraction of sp³-hybridized carbons (Fsp3) is 0.588. The number of unbranched alkanes of at least 4 members (excludes halogenated alkanes) is 1. The van der Waals surface area contributed by atoms with Crippen LogP contribution in [0, 0.1) is 0 Å². The highest BCUT2D eigenvalue weighted by molar-refractivity contribution is 14.0. The Hall–Kier alpha value is -1.58. The average Bonchev–Trinajstić information content (AvgIpc) is 3.26. The van der Waals surface area contributed by atoms with Crippen LogP contribution < -0.4 is 5.32 Å².